The van der Waals surface area contributed by atoms with Gasteiger partial charge in [-0.15, -0.1) is 0 Å². The summed E-state index contributed by atoms with van der Waals surface area (Å²) in [6.07, 6.45) is -0.110. The minimum atomic E-state index is -0.605. The Morgan fingerprint density at radius 1 is 1.10 bits per heavy atom. The molecule has 0 aromatic heterocycles. The van der Waals surface area contributed by atoms with Crippen LogP contribution >= 0.6 is 15.9 Å². The lowest BCUT2D eigenvalue weighted by Gasteiger charge is -2.15. The van der Waals surface area contributed by atoms with Gasteiger partial charge in [-0.05, 0) is 29.3 Å². The van der Waals surface area contributed by atoms with Crippen LogP contribution < -0.4 is 9.47 Å². The van der Waals surface area contributed by atoms with Gasteiger partial charge in [-0.2, -0.15) is 0 Å². The lowest BCUT2D eigenvalue weighted by Crippen LogP contribution is -2.04. The third-order valence-electron chi connectivity index (χ3n) is 3.17. The second-order valence-corrected chi connectivity index (χ2v) is 5.27. The first-order valence-corrected chi connectivity index (χ1v) is 7.08. The summed E-state index contributed by atoms with van der Waals surface area (Å²) in [5, 5.41) is 10.4. The number of aliphatic hydroxyl groups is 1. The van der Waals surface area contributed by atoms with Crippen molar-refractivity contribution in [2.24, 2.45) is 0 Å². The van der Waals surface area contributed by atoms with Crippen LogP contribution in [-0.4, -0.2) is 19.3 Å². The Kier molecular flexibility index (Phi) is 5.04. The van der Waals surface area contributed by atoms with Gasteiger partial charge in [0.2, 0.25) is 0 Å². The van der Waals surface area contributed by atoms with Crippen LogP contribution in [0.25, 0.3) is 0 Å². The fourth-order valence-corrected chi connectivity index (χ4v) is 2.72. The molecular weight excluding hydrogens is 320 g/mol. The Bertz CT molecular complexity index is 584. The molecule has 106 valence electrons. The topological polar surface area (TPSA) is 38.7 Å². The van der Waals surface area contributed by atoms with E-state index in [9.17, 15) is 5.11 Å². The Labute approximate surface area is 127 Å². The Morgan fingerprint density at radius 2 is 1.85 bits per heavy atom. The summed E-state index contributed by atoms with van der Waals surface area (Å²) in [5.74, 6) is 1.54. The van der Waals surface area contributed by atoms with E-state index in [1.54, 1.807) is 14.2 Å². The Balaban J connectivity index is 2.21. The molecule has 0 radical (unpaired) electrons. The molecule has 1 unspecified atom stereocenters. The highest BCUT2D eigenvalue weighted by Crippen LogP contribution is 2.31. The van der Waals surface area contributed by atoms with E-state index in [2.05, 4.69) is 15.9 Å². The van der Waals surface area contributed by atoms with Crippen LogP contribution in [0, 0.1) is 0 Å². The minimum Gasteiger partial charge on any atom is -0.497 e. The van der Waals surface area contributed by atoms with E-state index in [1.807, 2.05) is 42.5 Å². The summed E-state index contributed by atoms with van der Waals surface area (Å²) in [6.45, 7) is 0. The largest absolute Gasteiger partial charge is 0.497 e. The second kappa shape index (κ2) is 6.77. The van der Waals surface area contributed by atoms with E-state index in [4.69, 9.17) is 9.47 Å². The van der Waals surface area contributed by atoms with E-state index in [0.717, 1.165) is 27.1 Å². The molecule has 4 heteroatoms. The van der Waals surface area contributed by atoms with Gasteiger partial charge in [0.25, 0.3) is 0 Å². The van der Waals surface area contributed by atoms with Crippen molar-refractivity contribution < 1.29 is 14.6 Å². The van der Waals surface area contributed by atoms with Gasteiger partial charge in [-0.3, -0.25) is 0 Å². The maximum atomic E-state index is 10.4. The molecule has 0 saturated heterocycles. The van der Waals surface area contributed by atoms with Crippen LogP contribution in [0.3, 0.4) is 0 Å². The molecule has 0 aliphatic carbocycles. The van der Waals surface area contributed by atoms with E-state index >= 15 is 0 Å². The van der Waals surface area contributed by atoms with Crippen molar-refractivity contribution in [3.8, 4) is 11.5 Å². The monoisotopic (exact) mass is 336 g/mol. The first-order chi connectivity index (χ1) is 9.65. The molecule has 2 rings (SSSR count). The van der Waals surface area contributed by atoms with Crippen molar-refractivity contribution in [1.82, 2.24) is 0 Å². The predicted molar refractivity (Wildman–Crippen MR) is 82.4 cm³/mol. The molecule has 1 N–H and O–H groups in total. The number of para-hydroxylation sites is 1. The Hall–Kier alpha value is -1.52. The zero-order valence-corrected chi connectivity index (χ0v) is 13.1. The second-order valence-electron chi connectivity index (χ2n) is 4.42. The van der Waals surface area contributed by atoms with Crippen LogP contribution in [0.5, 0.6) is 11.5 Å². The maximum Gasteiger partial charge on any atom is 0.122 e. The number of methoxy groups -OCH3 is 2. The first kappa shape index (κ1) is 14.9. The van der Waals surface area contributed by atoms with Gasteiger partial charge in [0.1, 0.15) is 11.5 Å². The van der Waals surface area contributed by atoms with Gasteiger partial charge in [-0.1, -0.05) is 40.2 Å². The number of rotatable bonds is 5. The van der Waals surface area contributed by atoms with E-state index in [0.29, 0.717) is 6.42 Å². The highest BCUT2D eigenvalue weighted by molar-refractivity contribution is 9.10. The quantitative estimate of drug-likeness (QED) is 0.903. The van der Waals surface area contributed by atoms with Gasteiger partial charge in [-0.25, -0.2) is 0 Å². The highest BCUT2D eigenvalue weighted by Gasteiger charge is 2.15. The molecule has 2 aromatic carbocycles. The van der Waals surface area contributed by atoms with Crippen LogP contribution in [0.15, 0.2) is 46.9 Å². The van der Waals surface area contributed by atoms with Crippen molar-refractivity contribution >= 4 is 15.9 Å². The third kappa shape index (κ3) is 3.32. The fraction of sp³-hybridized carbons (Fsp3) is 0.250. The van der Waals surface area contributed by atoms with Crippen LogP contribution in [0.1, 0.15) is 17.2 Å². The standard InChI is InChI=1S/C16H17BrO3/c1-19-12-7-8-13(14(17)10-12)15(18)9-11-5-3-4-6-16(11)20-2/h3-8,10,15,18H,9H2,1-2H3. The molecule has 0 spiro atoms. The van der Waals surface area contributed by atoms with Gasteiger partial charge < -0.3 is 14.6 Å². The van der Waals surface area contributed by atoms with Crippen LogP contribution in [0.2, 0.25) is 0 Å². The van der Waals surface area contributed by atoms with Gasteiger partial charge >= 0.3 is 0 Å². The minimum absolute atomic E-state index is 0.495. The van der Waals surface area contributed by atoms with Crippen molar-refractivity contribution in [2.45, 2.75) is 12.5 Å². The number of hydrogen-bond acceptors (Lipinski definition) is 3. The summed E-state index contributed by atoms with van der Waals surface area (Å²) in [4.78, 5) is 0. The third-order valence-corrected chi connectivity index (χ3v) is 3.86. The zero-order valence-electron chi connectivity index (χ0n) is 11.5. The molecular formula is C16H17BrO3. The van der Waals surface area contributed by atoms with Gasteiger partial charge in [0, 0.05) is 10.9 Å². The molecule has 0 amide bonds. The molecule has 1 atom stereocenters. The van der Waals surface area contributed by atoms with E-state index < -0.39 is 6.10 Å². The summed E-state index contributed by atoms with van der Waals surface area (Å²) >= 11 is 3.47. The average Bonchev–Trinajstić information content (AvgIpc) is 2.47. The normalized spacial score (nSPS) is 12.0. The molecule has 0 bridgehead atoms. The molecule has 0 fully saturated rings. The lowest BCUT2D eigenvalue weighted by atomic mass is 10.0. The summed E-state index contributed by atoms with van der Waals surface area (Å²) in [5.41, 5.74) is 1.81. The lowest BCUT2D eigenvalue weighted by molar-refractivity contribution is 0.176. The Morgan fingerprint density at radius 3 is 2.50 bits per heavy atom. The molecule has 0 saturated carbocycles. The number of hydrogen-bond donors (Lipinski definition) is 1. The maximum absolute atomic E-state index is 10.4. The fourth-order valence-electron chi connectivity index (χ4n) is 2.09. The number of aliphatic hydroxyl groups excluding tert-OH is 1. The average molecular weight is 337 g/mol. The van der Waals surface area contributed by atoms with E-state index in [1.165, 1.54) is 0 Å². The molecule has 0 heterocycles. The highest BCUT2D eigenvalue weighted by atomic mass is 79.9. The van der Waals surface area contributed by atoms with Crippen molar-refractivity contribution in [3.05, 3.63) is 58.1 Å². The number of benzene rings is 2. The smallest absolute Gasteiger partial charge is 0.122 e. The molecule has 0 aliphatic heterocycles. The van der Waals surface area contributed by atoms with Gasteiger partial charge in [0.05, 0.1) is 20.3 Å². The van der Waals surface area contributed by atoms with Crippen molar-refractivity contribution in [3.63, 3.8) is 0 Å². The molecule has 2 aromatic rings. The number of halogens is 1. The van der Waals surface area contributed by atoms with Crippen LogP contribution in [-0.2, 0) is 6.42 Å². The summed E-state index contributed by atoms with van der Waals surface area (Å²) < 4.78 is 11.3. The molecule has 20 heavy (non-hydrogen) atoms. The summed E-state index contributed by atoms with van der Waals surface area (Å²) in [7, 11) is 3.25. The number of ether oxygens (including phenoxy) is 2. The zero-order chi connectivity index (χ0) is 14.5. The molecule has 3 nitrogen and oxygen atoms in total. The summed E-state index contributed by atoms with van der Waals surface area (Å²) in [6, 6.07) is 13.3. The SMILES string of the molecule is COc1ccc(C(O)Cc2ccccc2OC)c(Br)c1. The predicted octanol–water partition coefficient (Wildman–Crippen LogP) is 3.74. The van der Waals surface area contributed by atoms with Crippen molar-refractivity contribution in [2.75, 3.05) is 14.2 Å². The van der Waals surface area contributed by atoms with Crippen LogP contribution in [0.4, 0.5) is 0 Å². The first-order valence-electron chi connectivity index (χ1n) is 6.29. The van der Waals surface area contributed by atoms with Gasteiger partial charge in [0.15, 0.2) is 0 Å². The van der Waals surface area contributed by atoms with Crippen molar-refractivity contribution in [1.29, 1.82) is 0 Å². The van der Waals surface area contributed by atoms with E-state index in [-0.39, 0.29) is 0 Å². The molecule has 0 aliphatic rings.